The van der Waals surface area contributed by atoms with Gasteiger partial charge in [0, 0.05) is 23.8 Å². The minimum Gasteiger partial charge on any atom is -0.507 e. The second-order valence-corrected chi connectivity index (χ2v) is 5.29. The van der Waals surface area contributed by atoms with Gasteiger partial charge in [-0.15, -0.1) is 0 Å². The van der Waals surface area contributed by atoms with Gasteiger partial charge in [-0.2, -0.15) is 5.10 Å². The molecule has 0 aromatic heterocycles. The minimum atomic E-state index is -0.811. The number of phenols is 1. The molecule has 9 nitrogen and oxygen atoms in total. The highest BCUT2D eigenvalue weighted by Gasteiger charge is 2.17. The number of ether oxygens (including phenoxy) is 2. The number of non-ortho nitro benzene ring substituents is 1. The summed E-state index contributed by atoms with van der Waals surface area (Å²) in [6.07, 6.45) is 1.27. The van der Waals surface area contributed by atoms with Gasteiger partial charge in [-0.3, -0.25) is 14.9 Å². The number of rotatable bonds is 4. The third-order valence-corrected chi connectivity index (χ3v) is 3.62. The predicted octanol–water partition coefficient (Wildman–Crippen LogP) is 2.45. The Morgan fingerprint density at radius 3 is 2.76 bits per heavy atom. The van der Waals surface area contributed by atoms with E-state index < -0.39 is 16.6 Å². The van der Waals surface area contributed by atoms with E-state index in [1.807, 2.05) is 0 Å². The summed E-state index contributed by atoms with van der Waals surface area (Å²) in [6, 6.07) is 6.24. The van der Waals surface area contributed by atoms with Crippen LogP contribution in [0.4, 0.5) is 5.69 Å². The number of benzene rings is 2. The number of carbonyl (C=O) groups is 1. The van der Waals surface area contributed by atoms with Crippen LogP contribution in [0.15, 0.2) is 35.4 Å². The topological polar surface area (TPSA) is 123 Å². The smallest absolute Gasteiger partial charge is 0.275 e. The summed E-state index contributed by atoms with van der Waals surface area (Å²) in [5.41, 5.74) is 2.03. The van der Waals surface area contributed by atoms with Crippen molar-refractivity contribution < 1.29 is 24.3 Å². The molecule has 1 aliphatic rings. The number of phenolic OH excluding ortho intramolecular Hbond substituents is 1. The molecule has 0 atom stereocenters. The molecule has 2 aromatic rings. The minimum absolute atomic E-state index is 0.0923. The number of hydrazone groups is 1. The lowest BCUT2D eigenvalue weighted by Gasteiger charge is -2.04. The molecule has 0 unspecified atom stereocenters. The first-order valence-corrected chi connectivity index (χ1v) is 7.23. The van der Waals surface area contributed by atoms with Gasteiger partial charge in [-0.05, 0) is 12.1 Å². The van der Waals surface area contributed by atoms with Crippen LogP contribution < -0.4 is 14.9 Å². The van der Waals surface area contributed by atoms with Crippen LogP contribution in [0, 0.1) is 10.1 Å². The van der Waals surface area contributed by atoms with E-state index in [9.17, 15) is 20.0 Å². The summed E-state index contributed by atoms with van der Waals surface area (Å²) in [6.45, 7) is 0.0923. The second kappa shape index (κ2) is 6.65. The summed E-state index contributed by atoms with van der Waals surface area (Å²) in [5.74, 6) is -0.213. The van der Waals surface area contributed by atoms with Gasteiger partial charge in [0.15, 0.2) is 11.5 Å². The van der Waals surface area contributed by atoms with Crippen LogP contribution in [0.2, 0.25) is 5.02 Å². The Bertz CT molecular complexity index is 899. The van der Waals surface area contributed by atoms with Crippen molar-refractivity contribution in [3.05, 3.63) is 56.6 Å². The van der Waals surface area contributed by atoms with Gasteiger partial charge in [0.25, 0.3) is 11.6 Å². The largest absolute Gasteiger partial charge is 0.507 e. The summed E-state index contributed by atoms with van der Waals surface area (Å²) in [4.78, 5) is 22.1. The first-order chi connectivity index (χ1) is 12.0. The molecule has 1 amide bonds. The molecule has 3 rings (SSSR count). The molecular formula is C15H10ClN3O6. The third kappa shape index (κ3) is 3.45. The van der Waals surface area contributed by atoms with Gasteiger partial charge in [0.1, 0.15) is 5.75 Å². The highest BCUT2D eigenvalue weighted by Crippen LogP contribution is 2.36. The van der Waals surface area contributed by atoms with Crippen molar-refractivity contribution >= 4 is 29.4 Å². The number of nitrogens with zero attached hydrogens (tertiary/aromatic N) is 2. The van der Waals surface area contributed by atoms with Gasteiger partial charge in [-0.25, -0.2) is 5.43 Å². The summed E-state index contributed by atoms with van der Waals surface area (Å²) >= 11 is 6.07. The van der Waals surface area contributed by atoms with Gasteiger partial charge in [-0.1, -0.05) is 11.6 Å². The first-order valence-electron chi connectivity index (χ1n) is 6.85. The number of fused-ring (bicyclic) bond motifs is 1. The Morgan fingerprint density at radius 2 is 2.04 bits per heavy atom. The fourth-order valence-electron chi connectivity index (χ4n) is 2.07. The molecule has 128 valence electrons. The van der Waals surface area contributed by atoms with Crippen LogP contribution in [0.3, 0.4) is 0 Å². The molecule has 10 heteroatoms. The molecular weight excluding hydrogens is 354 g/mol. The maximum absolute atomic E-state index is 12.0. The average molecular weight is 364 g/mol. The van der Waals surface area contributed by atoms with Gasteiger partial charge in [0.2, 0.25) is 6.79 Å². The van der Waals surface area contributed by atoms with Crippen LogP contribution in [-0.2, 0) is 0 Å². The van der Waals surface area contributed by atoms with Crippen LogP contribution in [0.5, 0.6) is 17.2 Å². The number of nitrogens with one attached hydrogen (secondary N) is 1. The van der Waals surface area contributed by atoms with E-state index in [0.717, 1.165) is 18.2 Å². The zero-order valence-electron chi connectivity index (χ0n) is 12.4. The maximum atomic E-state index is 12.0. The fraction of sp³-hybridized carbons (Fsp3) is 0.0667. The number of nitro benzene ring substituents is 1. The summed E-state index contributed by atoms with van der Waals surface area (Å²) in [5, 5.41) is 24.5. The SMILES string of the molecule is O=C(N/N=C/c1cc2c(cc1Cl)OCO2)c1cc([N+](=O)[O-])ccc1O. The number of halogens is 1. The Kier molecular flexibility index (Phi) is 4.40. The van der Waals surface area contributed by atoms with Gasteiger partial charge < -0.3 is 14.6 Å². The van der Waals surface area contributed by atoms with E-state index in [-0.39, 0.29) is 18.0 Å². The lowest BCUT2D eigenvalue weighted by Crippen LogP contribution is -2.18. The molecule has 0 fully saturated rings. The zero-order chi connectivity index (χ0) is 18.0. The van der Waals surface area contributed by atoms with Crippen LogP contribution in [0.25, 0.3) is 0 Å². The van der Waals surface area contributed by atoms with Gasteiger partial charge >= 0.3 is 0 Å². The van der Waals surface area contributed by atoms with Crippen molar-refractivity contribution in [2.75, 3.05) is 6.79 Å². The van der Waals surface area contributed by atoms with Crippen LogP contribution >= 0.6 is 11.6 Å². The highest BCUT2D eigenvalue weighted by molar-refractivity contribution is 6.33. The second-order valence-electron chi connectivity index (χ2n) is 4.88. The number of aromatic hydroxyl groups is 1. The zero-order valence-corrected chi connectivity index (χ0v) is 13.2. The molecule has 0 aliphatic carbocycles. The van der Waals surface area contributed by atoms with Crippen molar-refractivity contribution in [2.24, 2.45) is 5.10 Å². The molecule has 0 radical (unpaired) electrons. The van der Waals surface area contributed by atoms with E-state index in [2.05, 4.69) is 10.5 Å². The average Bonchev–Trinajstić information content (AvgIpc) is 3.02. The standard InChI is InChI=1S/C15H10ClN3O6/c16-11-5-14-13(24-7-25-14)3-8(11)6-17-18-15(21)10-4-9(19(22)23)1-2-12(10)20/h1-6,20H,7H2,(H,18,21)/b17-6+. The molecule has 2 aromatic carbocycles. The lowest BCUT2D eigenvalue weighted by molar-refractivity contribution is -0.384. The summed E-state index contributed by atoms with van der Waals surface area (Å²) < 4.78 is 10.4. The Labute approximate surface area is 145 Å². The number of carbonyl (C=O) groups excluding carboxylic acids is 1. The lowest BCUT2D eigenvalue weighted by atomic mass is 10.1. The number of hydrogen-bond donors (Lipinski definition) is 2. The molecule has 0 saturated carbocycles. The molecule has 0 spiro atoms. The van der Waals surface area contributed by atoms with E-state index in [1.54, 1.807) is 12.1 Å². The first kappa shape index (κ1) is 16.5. The fourth-order valence-corrected chi connectivity index (χ4v) is 2.27. The van der Waals surface area contributed by atoms with E-state index >= 15 is 0 Å². The van der Waals surface area contributed by atoms with Crippen molar-refractivity contribution in [1.82, 2.24) is 5.43 Å². The van der Waals surface area contributed by atoms with E-state index in [1.165, 1.54) is 6.21 Å². The van der Waals surface area contributed by atoms with Crippen molar-refractivity contribution in [1.29, 1.82) is 0 Å². The number of amides is 1. The van der Waals surface area contributed by atoms with Crippen LogP contribution in [0.1, 0.15) is 15.9 Å². The normalized spacial score (nSPS) is 12.4. The van der Waals surface area contributed by atoms with Crippen molar-refractivity contribution in [3.63, 3.8) is 0 Å². The molecule has 0 saturated heterocycles. The van der Waals surface area contributed by atoms with E-state index in [0.29, 0.717) is 22.1 Å². The highest BCUT2D eigenvalue weighted by atomic mass is 35.5. The van der Waals surface area contributed by atoms with Gasteiger partial charge in [0.05, 0.1) is 21.7 Å². The Balaban J connectivity index is 1.76. The van der Waals surface area contributed by atoms with Crippen molar-refractivity contribution in [3.8, 4) is 17.2 Å². The predicted molar refractivity (Wildman–Crippen MR) is 87.4 cm³/mol. The molecule has 25 heavy (non-hydrogen) atoms. The monoisotopic (exact) mass is 363 g/mol. The molecule has 1 heterocycles. The summed E-state index contributed by atoms with van der Waals surface area (Å²) in [7, 11) is 0. The quantitative estimate of drug-likeness (QED) is 0.488. The number of nitro groups is 1. The van der Waals surface area contributed by atoms with Crippen molar-refractivity contribution in [2.45, 2.75) is 0 Å². The number of hydrogen-bond acceptors (Lipinski definition) is 7. The van der Waals surface area contributed by atoms with Crippen LogP contribution in [-0.4, -0.2) is 28.9 Å². The molecule has 1 aliphatic heterocycles. The Hall–Kier alpha value is -3.33. The molecule has 0 bridgehead atoms. The van der Waals surface area contributed by atoms with E-state index in [4.69, 9.17) is 21.1 Å². The maximum Gasteiger partial charge on any atom is 0.275 e. The Morgan fingerprint density at radius 1 is 1.32 bits per heavy atom. The molecule has 2 N–H and O–H groups in total. The third-order valence-electron chi connectivity index (χ3n) is 3.30.